The van der Waals surface area contributed by atoms with Crippen molar-refractivity contribution >= 4 is 33.4 Å². The fourth-order valence-corrected chi connectivity index (χ4v) is 3.12. The van der Waals surface area contributed by atoms with E-state index in [2.05, 4.69) is 15.3 Å². The summed E-state index contributed by atoms with van der Waals surface area (Å²) >= 11 is 1.40. The number of thiophene rings is 1. The first kappa shape index (κ1) is 14.4. The van der Waals surface area contributed by atoms with Gasteiger partial charge in [0.05, 0.1) is 5.39 Å². The number of amides is 1. The number of rotatable bonds is 2. The van der Waals surface area contributed by atoms with E-state index in [1.165, 1.54) is 35.6 Å². The van der Waals surface area contributed by atoms with E-state index in [4.69, 9.17) is 0 Å². The van der Waals surface area contributed by atoms with Gasteiger partial charge in [-0.3, -0.25) is 19.9 Å². The largest absolute Gasteiger partial charge is 0.292 e. The van der Waals surface area contributed by atoms with Crippen molar-refractivity contribution in [3.05, 3.63) is 56.4 Å². The van der Waals surface area contributed by atoms with Crippen molar-refractivity contribution in [2.24, 2.45) is 0 Å². The number of aryl methyl sites for hydroxylation is 2. The first-order chi connectivity index (χ1) is 10.5. The average Bonchev–Trinajstić information content (AvgIpc) is 2.75. The van der Waals surface area contributed by atoms with E-state index < -0.39 is 11.7 Å². The second kappa shape index (κ2) is 5.34. The number of fused-ring (bicyclic) bond motifs is 1. The van der Waals surface area contributed by atoms with Crippen LogP contribution in [-0.2, 0) is 0 Å². The molecule has 0 unspecified atom stereocenters. The number of benzene rings is 1. The van der Waals surface area contributed by atoms with Gasteiger partial charge < -0.3 is 0 Å². The summed E-state index contributed by atoms with van der Waals surface area (Å²) in [7, 11) is 0. The highest BCUT2D eigenvalue weighted by atomic mass is 32.1. The lowest BCUT2D eigenvalue weighted by Gasteiger charge is -2.04. The molecule has 0 saturated heterocycles. The van der Waals surface area contributed by atoms with E-state index in [0.717, 1.165) is 10.4 Å². The van der Waals surface area contributed by atoms with E-state index in [0.29, 0.717) is 10.2 Å². The van der Waals surface area contributed by atoms with Gasteiger partial charge >= 0.3 is 0 Å². The van der Waals surface area contributed by atoms with Crippen molar-refractivity contribution < 1.29 is 9.18 Å². The Kier molecular flexibility index (Phi) is 3.50. The highest BCUT2D eigenvalue weighted by Gasteiger charge is 2.13. The first-order valence-electron chi connectivity index (χ1n) is 6.52. The summed E-state index contributed by atoms with van der Waals surface area (Å²) in [6, 6.07) is 5.11. The molecule has 3 aromatic rings. The predicted molar refractivity (Wildman–Crippen MR) is 84.1 cm³/mol. The molecule has 0 radical (unpaired) electrons. The van der Waals surface area contributed by atoms with Crippen LogP contribution in [-0.4, -0.2) is 15.9 Å². The van der Waals surface area contributed by atoms with Crippen LogP contribution in [0.15, 0.2) is 29.1 Å². The average molecular weight is 317 g/mol. The maximum absolute atomic E-state index is 12.9. The zero-order chi connectivity index (χ0) is 15.9. The smallest absolute Gasteiger partial charge is 0.261 e. The molecule has 0 aliphatic rings. The molecule has 3 rings (SSSR count). The quantitative estimate of drug-likeness (QED) is 0.763. The first-order valence-corrected chi connectivity index (χ1v) is 7.34. The van der Waals surface area contributed by atoms with Crippen LogP contribution in [0.5, 0.6) is 0 Å². The minimum atomic E-state index is -0.465. The number of H-pyrrole nitrogens is 1. The molecule has 0 atom stereocenters. The predicted octanol–water partition coefficient (Wildman–Crippen LogP) is 2.99. The van der Waals surface area contributed by atoms with Crippen molar-refractivity contribution in [1.82, 2.24) is 9.97 Å². The van der Waals surface area contributed by atoms with Crippen LogP contribution < -0.4 is 10.9 Å². The zero-order valence-electron chi connectivity index (χ0n) is 11.9. The van der Waals surface area contributed by atoms with Gasteiger partial charge in [0.15, 0.2) is 0 Å². The molecule has 0 spiro atoms. The van der Waals surface area contributed by atoms with Crippen LogP contribution in [0.1, 0.15) is 20.8 Å². The molecule has 0 bridgehead atoms. The third-order valence-corrected chi connectivity index (χ3v) is 4.48. The minimum absolute atomic E-state index is 0.0769. The van der Waals surface area contributed by atoms with Crippen LogP contribution in [0.4, 0.5) is 10.3 Å². The van der Waals surface area contributed by atoms with E-state index in [1.54, 1.807) is 0 Å². The monoisotopic (exact) mass is 317 g/mol. The van der Waals surface area contributed by atoms with Crippen LogP contribution in [0.3, 0.4) is 0 Å². The van der Waals surface area contributed by atoms with E-state index in [-0.39, 0.29) is 17.1 Å². The van der Waals surface area contributed by atoms with Crippen molar-refractivity contribution in [2.45, 2.75) is 13.8 Å². The van der Waals surface area contributed by atoms with Crippen LogP contribution in [0.2, 0.25) is 0 Å². The molecule has 2 heterocycles. The van der Waals surface area contributed by atoms with Crippen LogP contribution in [0, 0.1) is 19.7 Å². The number of aromatic amines is 1. The molecule has 0 aliphatic heterocycles. The Labute approximate surface area is 128 Å². The summed E-state index contributed by atoms with van der Waals surface area (Å²) in [5.74, 6) is -0.811. The third kappa shape index (κ3) is 2.50. The SMILES string of the molecule is Cc1sc2nc(NC(=O)c3ccc(F)cc3)[nH]c(=O)c2c1C. The topological polar surface area (TPSA) is 74.8 Å². The Hall–Kier alpha value is -2.54. The van der Waals surface area contributed by atoms with E-state index in [9.17, 15) is 14.0 Å². The van der Waals surface area contributed by atoms with Crippen molar-refractivity contribution in [1.29, 1.82) is 0 Å². The minimum Gasteiger partial charge on any atom is -0.292 e. The van der Waals surface area contributed by atoms with Gasteiger partial charge in [0, 0.05) is 10.4 Å². The maximum Gasteiger partial charge on any atom is 0.261 e. The maximum atomic E-state index is 12.9. The molecule has 0 saturated carbocycles. The molecule has 0 aliphatic carbocycles. The third-order valence-electron chi connectivity index (χ3n) is 3.38. The Balaban J connectivity index is 1.96. The highest BCUT2D eigenvalue weighted by molar-refractivity contribution is 7.18. The molecule has 5 nitrogen and oxygen atoms in total. The Morgan fingerprint density at radius 2 is 1.95 bits per heavy atom. The summed E-state index contributed by atoms with van der Waals surface area (Å²) in [5.41, 5.74) is 0.883. The summed E-state index contributed by atoms with van der Waals surface area (Å²) in [6.45, 7) is 3.78. The molecule has 112 valence electrons. The molecule has 7 heteroatoms. The van der Waals surface area contributed by atoms with Gasteiger partial charge in [0.1, 0.15) is 10.6 Å². The van der Waals surface area contributed by atoms with Gasteiger partial charge in [-0.1, -0.05) is 0 Å². The second-order valence-electron chi connectivity index (χ2n) is 4.84. The van der Waals surface area contributed by atoms with E-state index >= 15 is 0 Å². The van der Waals surface area contributed by atoms with Gasteiger partial charge in [-0.25, -0.2) is 9.37 Å². The molecule has 2 aromatic heterocycles. The second-order valence-corrected chi connectivity index (χ2v) is 6.04. The number of carbonyl (C=O) groups is 1. The van der Waals surface area contributed by atoms with Gasteiger partial charge in [0.25, 0.3) is 11.5 Å². The lowest BCUT2D eigenvalue weighted by Crippen LogP contribution is -2.18. The summed E-state index contributed by atoms with van der Waals surface area (Å²) in [6.07, 6.45) is 0. The molecule has 0 fully saturated rings. The molecule has 1 aromatic carbocycles. The fraction of sp³-hybridized carbons (Fsp3) is 0.133. The summed E-state index contributed by atoms with van der Waals surface area (Å²) < 4.78 is 12.9. The Morgan fingerprint density at radius 3 is 2.64 bits per heavy atom. The Bertz CT molecular complexity index is 928. The molecule has 22 heavy (non-hydrogen) atoms. The number of carbonyl (C=O) groups excluding carboxylic acids is 1. The molecule has 2 N–H and O–H groups in total. The number of nitrogens with zero attached hydrogens (tertiary/aromatic N) is 1. The van der Waals surface area contributed by atoms with Gasteiger partial charge in [-0.05, 0) is 43.7 Å². The normalized spacial score (nSPS) is 10.9. The van der Waals surface area contributed by atoms with Crippen molar-refractivity contribution in [3.8, 4) is 0 Å². The highest BCUT2D eigenvalue weighted by Crippen LogP contribution is 2.26. The van der Waals surface area contributed by atoms with Crippen molar-refractivity contribution in [3.63, 3.8) is 0 Å². The van der Waals surface area contributed by atoms with Crippen LogP contribution >= 0.6 is 11.3 Å². The molecule has 1 amide bonds. The standard InChI is InChI=1S/C15H12FN3O2S/c1-7-8(2)22-14-11(7)13(21)18-15(19-14)17-12(20)9-3-5-10(16)6-4-9/h3-6H,1-2H3,(H2,17,18,19,20,21). The number of hydrogen-bond acceptors (Lipinski definition) is 4. The summed E-state index contributed by atoms with van der Waals surface area (Å²) in [5, 5.41) is 3.06. The van der Waals surface area contributed by atoms with Crippen molar-refractivity contribution in [2.75, 3.05) is 5.32 Å². The number of nitrogens with one attached hydrogen (secondary N) is 2. The molecular formula is C15H12FN3O2S. The zero-order valence-corrected chi connectivity index (χ0v) is 12.7. The van der Waals surface area contributed by atoms with Gasteiger partial charge in [-0.2, -0.15) is 0 Å². The lowest BCUT2D eigenvalue weighted by molar-refractivity contribution is 0.102. The lowest BCUT2D eigenvalue weighted by atomic mass is 10.2. The molecular weight excluding hydrogens is 305 g/mol. The van der Waals surface area contributed by atoms with Gasteiger partial charge in [0.2, 0.25) is 5.95 Å². The number of halogens is 1. The van der Waals surface area contributed by atoms with Crippen LogP contribution in [0.25, 0.3) is 10.2 Å². The fourth-order valence-electron chi connectivity index (χ4n) is 2.09. The Morgan fingerprint density at radius 1 is 1.27 bits per heavy atom. The van der Waals surface area contributed by atoms with Gasteiger partial charge in [-0.15, -0.1) is 11.3 Å². The van der Waals surface area contributed by atoms with E-state index in [1.807, 2.05) is 13.8 Å². The summed E-state index contributed by atoms with van der Waals surface area (Å²) in [4.78, 5) is 32.6. The number of anilines is 1. The number of hydrogen-bond donors (Lipinski definition) is 2. The number of aromatic nitrogens is 2.